The number of aromatic nitrogens is 4. The van der Waals surface area contributed by atoms with Gasteiger partial charge >= 0.3 is 0 Å². The van der Waals surface area contributed by atoms with Crippen LogP contribution in [0.5, 0.6) is 5.75 Å². The summed E-state index contributed by atoms with van der Waals surface area (Å²) in [6.45, 7) is 10.9. The minimum absolute atomic E-state index is 0.150. The van der Waals surface area contributed by atoms with Crippen molar-refractivity contribution in [1.82, 2.24) is 19.7 Å². The predicted octanol–water partition coefficient (Wildman–Crippen LogP) is 6.08. The average Bonchev–Trinajstić information content (AvgIpc) is 3.50. The molecule has 0 fully saturated rings. The Morgan fingerprint density at radius 3 is 2.69 bits per heavy atom. The monoisotopic (exact) mass is 519 g/mol. The van der Waals surface area contributed by atoms with E-state index in [-0.39, 0.29) is 18.3 Å². The SMILES string of the molecule is C=CCn1c(COc2ccc(CC)cc2)nnc1SCC(=O)Nc1nc(-c2ccc(C)c(C)c2)cs1. The summed E-state index contributed by atoms with van der Waals surface area (Å²) < 4.78 is 7.81. The van der Waals surface area contributed by atoms with Crippen LogP contribution in [-0.2, 0) is 24.4 Å². The van der Waals surface area contributed by atoms with E-state index in [1.807, 2.05) is 28.1 Å². The number of thiazole rings is 1. The molecular formula is C27H29N5O2S2. The molecule has 4 aromatic rings. The van der Waals surface area contributed by atoms with Crippen LogP contribution < -0.4 is 10.1 Å². The van der Waals surface area contributed by atoms with Crippen molar-refractivity contribution in [3.63, 3.8) is 0 Å². The molecule has 0 radical (unpaired) electrons. The van der Waals surface area contributed by atoms with Crippen LogP contribution in [0.1, 0.15) is 29.4 Å². The van der Waals surface area contributed by atoms with Gasteiger partial charge in [-0.3, -0.25) is 9.36 Å². The Balaban J connectivity index is 1.34. The fraction of sp³-hybridized carbons (Fsp3) is 0.259. The Morgan fingerprint density at radius 2 is 1.97 bits per heavy atom. The molecule has 7 nitrogen and oxygen atoms in total. The molecular weight excluding hydrogens is 490 g/mol. The van der Waals surface area contributed by atoms with E-state index in [4.69, 9.17) is 4.74 Å². The fourth-order valence-corrected chi connectivity index (χ4v) is 4.97. The Hall–Kier alpha value is -3.43. The number of anilines is 1. The van der Waals surface area contributed by atoms with Crippen molar-refractivity contribution < 1.29 is 9.53 Å². The van der Waals surface area contributed by atoms with E-state index in [9.17, 15) is 4.79 Å². The molecule has 0 saturated carbocycles. The van der Waals surface area contributed by atoms with E-state index >= 15 is 0 Å². The third-order valence-corrected chi connectivity index (χ3v) is 7.41. The largest absolute Gasteiger partial charge is 0.486 e. The zero-order valence-electron chi connectivity index (χ0n) is 20.7. The zero-order chi connectivity index (χ0) is 25.5. The quantitative estimate of drug-likeness (QED) is 0.191. The fourth-order valence-electron chi connectivity index (χ4n) is 3.46. The Labute approximate surface area is 219 Å². The summed E-state index contributed by atoms with van der Waals surface area (Å²) in [5, 5.41) is 14.6. The van der Waals surface area contributed by atoms with Gasteiger partial charge in [-0.15, -0.1) is 28.1 Å². The second kappa shape index (κ2) is 12.0. The number of hydrogen-bond acceptors (Lipinski definition) is 7. The predicted molar refractivity (Wildman–Crippen MR) is 147 cm³/mol. The van der Waals surface area contributed by atoms with Gasteiger partial charge in [-0.25, -0.2) is 4.98 Å². The van der Waals surface area contributed by atoms with Crippen LogP contribution in [0.2, 0.25) is 0 Å². The number of carbonyl (C=O) groups excluding carboxylic acids is 1. The molecule has 0 spiro atoms. The van der Waals surface area contributed by atoms with Crippen LogP contribution in [0.3, 0.4) is 0 Å². The molecule has 1 N–H and O–H groups in total. The maximum atomic E-state index is 12.6. The number of nitrogens with zero attached hydrogens (tertiary/aromatic N) is 4. The van der Waals surface area contributed by atoms with Crippen LogP contribution in [0.15, 0.2) is 65.7 Å². The molecule has 0 saturated heterocycles. The first-order valence-corrected chi connectivity index (χ1v) is 13.5. The van der Waals surface area contributed by atoms with Crippen molar-refractivity contribution in [1.29, 1.82) is 0 Å². The number of ether oxygens (including phenoxy) is 1. The lowest BCUT2D eigenvalue weighted by Crippen LogP contribution is -2.15. The lowest BCUT2D eigenvalue weighted by molar-refractivity contribution is -0.113. The smallest absolute Gasteiger partial charge is 0.236 e. The number of carbonyl (C=O) groups is 1. The normalized spacial score (nSPS) is 10.9. The molecule has 186 valence electrons. The summed E-state index contributed by atoms with van der Waals surface area (Å²) in [5.74, 6) is 1.49. The van der Waals surface area contributed by atoms with E-state index in [2.05, 4.69) is 72.1 Å². The van der Waals surface area contributed by atoms with Gasteiger partial charge in [-0.1, -0.05) is 49.0 Å². The van der Waals surface area contributed by atoms with Gasteiger partial charge in [0.25, 0.3) is 0 Å². The number of aryl methyl sites for hydroxylation is 3. The topological polar surface area (TPSA) is 81.9 Å². The summed E-state index contributed by atoms with van der Waals surface area (Å²) in [6, 6.07) is 14.3. The molecule has 0 aliphatic rings. The average molecular weight is 520 g/mol. The number of amides is 1. The second-order valence-corrected chi connectivity index (χ2v) is 10.1. The maximum Gasteiger partial charge on any atom is 0.236 e. The molecule has 9 heteroatoms. The molecule has 0 aliphatic carbocycles. The second-order valence-electron chi connectivity index (χ2n) is 8.26. The lowest BCUT2D eigenvalue weighted by atomic mass is 10.1. The minimum atomic E-state index is -0.150. The molecule has 0 unspecified atom stereocenters. The maximum absolute atomic E-state index is 12.6. The van der Waals surface area contributed by atoms with Gasteiger partial charge in [-0.05, 0) is 55.2 Å². The van der Waals surface area contributed by atoms with Gasteiger partial charge in [0.15, 0.2) is 16.1 Å². The highest BCUT2D eigenvalue weighted by molar-refractivity contribution is 7.99. The Kier molecular flexibility index (Phi) is 8.56. The van der Waals surface area contributed by atoms with E-state index in [1.165, 1.54) is 39.8 Å². The van der Waals surface area contributed by atoms with Gasteiger partial charge in [0.2, 0.25) is 5.91 Å². The number of allylic oxidation sites excluding steroid dienone is 1. The first-order valence-electron chi connectivity index (χ1n) is 11.7. The molecule has 0 atom stereocenters. The molecule has 0 bridgehead atoms. The van der Waals surface area contributed by atoms with E-state index < -0.39 is 0 Å². The van der Waals surface area contributed by atoms with Crippen LogP contribution in [0.25, 0.3) is 11.3 Å². The summed E-state index contributed by atoms with van der Waals surface area (Å²) in [7, 11) is 0. The molecule has 2 heterocycles. The summed E-state index contributed by atoms with van der Waals surface area (Å²) >= 11 is 2.73. The van der Waals surface area contributed by atoms with Crippen molar-refractivity contribution in [2.24, 2.45) is 0 Å². The zero-order valence-corrected chi connectivity index (χ0v) is 22.3. The van der Waals surface area contributed by atoms with Crippen molar-refractivity contribution in [3.8, 4) is 17.0 Å². The van der Waals surface area contributed by atoms with Crippen molar-refractivity contribution in [2.75, 3.05) is 11.1 Å². The summed E-state index contributed by atoms with van der Waals surface area (Å²) in [5.41, 5.74) is 5.60. The highest BCUT2D eigenvalue weighted by atomic mass is 32.2. The van der Waals surface area contributed by atoms with Crippen LogP contribution in [0, 0.1) is 13.8 Å². The van der Waals surface area contributed by atoms with Crippen molar-refractivity contribution in [2.45, 2.75) is 45.5 Å². The van der Waals surface area contributed by atoms with Gasteiger partial charge < -0.3 is 10.1 Å². The Bertz CT molecular complexity index is 1340. The minimum Gasteiger partial charge on any atom is -0.486 e. The van der Waals surface area contributed by atoms with Gasteiger partial charge in [0.1, 0.15) is 12.4 Å². The first kappa shape index (κ1) is 25.7. The lowest BCUT2D eigenvalue weighted by Gasteiger charge is -2.09. The third-order valence-electron chi connectivity index (χ3n) is 5.69. The van der Waals surface area contributed by atoms with E-state index in [0.29, 0.717) is 22.7 Å². The summed E-state index contributed by atoms with van der Waals surface area (Å²) in [6.07, 6.45) is 2.76. The van der Waals surface area contributed by atoms with E-state index in [0.717, 1.165) is 23.4 Å². The highest BCUT2D eigenvalue weighted by Gasteiger charge is 2.15. The number of rotatable bonds is 11. The molecule has 36 heavy (non-hydrogen) atoms. The molecule has 2 aromatic heterocycles. The third kappa shape index (κ3) is 6.41. The number of thioether (sulfide) groups is 1. The standard InChI is InChI=1S/C27H29N5O2S2/c1-5-13-32-24(15-34-22-11-8-20(6-2)9-12-22)30-31-27(32)36-17-25(33)29-26-28-23(16-35-26)21-10-7-18(3)19(4)14-21/h5,7-12,14,16H,1,6,13,15,17H2,2-4H3,(H,28,29,33). The molecule has 0 aliphatic heterocycles. The number of hydrogen-bond donors (Lipinski definition) is 1. The first-order chi connectivity index (χ1) is 17.5. The van der Waals surface area contributed by atoms with Crippen molar-refractivity contribution >= 4 is 34.1 Å². The highest BCUT2D eigenvalue weighted by Crippen LogP contribution is 2.27. The number of nitrogens with one attached hydrogen (secondary N) is 1. The molecule has 1 amide bonds. The molecule has 2 aromatic carbocycles. The Morgan fingerprint density at radius 1 is 1.17 bits per heavy atom. The van der Waals surface area contributed by atoms with Crippen molar-refractivity contribution in [3.05, 3.63) is 83.0 Å². The van der Waals surface area contributed by atoms with E-state index in [1.54, 1.807) is 6.08 Å². The number of benzene rings is 2. The van der Waals surface area contributed by atoms with Crippen LogP contribution in [0.4, 0.5) is 5.13 Å². The van der Waals surface area contributed by atoms with Crippen LogP contribution in [-0.4, -0.2) is 31.4 Å². The van der Waals surface area contributed by atoms with Gasteiger partial charge in [-0.2, -0.15) is 0 Å². The molecule has 4 rings (SSSR count). The van der Waals surface area contributed by atoms with Gasteiger partial charge in [0.05, 0.1) is 11.4 Å². The van der Waals surface area contributed by atoms with Crippen LogP contribution >= 0.6 is 23.1 Å². The summed E-state index contributed by atoms with van der Waals surface area (Å²) in [4.78, 5) is 17.2. The van der Waals surface area contributed by atoms with Gasteiger partial charge in [0, 0.05) is 17.5 Å².